The highest BCUT2D eigenvalue weighted by molar-refractivity contribution is 7.26. The molecular weight excluding hydrogens is 743 g/mol. The van der Waals surface area contributed by atoms with Gasteiger partial charge in [0.15, 0.2) is 17.5 Å². The van der Waals surface area contributed by atoms with E-state index in [1.54, 1.807) is 11.3 Å². The number of nitrogens with zero attached hydrogens (tertiary/aromatic N) is 5. The zero-order valence-electron chi connectivity index (χ0n) is 31.3. The molecule has 6 nitrogen and oxygen atoms in total. The maximum atomic E-state index is 6.25. The summed E-state index contributed by atoms with van der Waals surface area (Å²) in [5, 5.41) is 11.5. The third-order valence-electron chi connectivity index (χ3n) is 11.7. The number of benzene rings is 8. The lowest BCUT2D eigenvalue weighted by atomic mass is 10.0. The summed E-state index contributed by atoms with van der Waals surface area (Å²) in [6.45, 7) is 0. The van der Waals surface area contributed by atoms with Crippen molar-refractivity contribution in [1.29, 1.82) is 0 Å². The van der Waals surface area contributed by atoms with Gasteiger partial charge in [-0.2, -0.15) is 0 Å². The van der Waals surface area contributed by atoms with E-state index in [2.05, 4.69) is 156 Å². The van der Waals surface area contributed by atoms with Crippen molar-refractivity contribution in [2.24, 2.45) is 0 Å². The summed E-state index contributed by atoms with van der Waals surface area (Å²) in [5.74, 6) is 1.63. The summed E-state index contributed by atoms with van der Waals surface area (Å²) in [4.78, 5) is 20.8. The Morgan fingerprint density at radius 1 is 0.441 bits per heavy atom. The third kappa shape index (κ3) is 4.86. The van der Waals surface area contributed by atoms with Crippen molar-refractivity contribution >= 4 is 96.9 Å². The molecule has 274 valence electrons. The maximum absolute atomic E-state index is 6.25. The molecule has 13 aromatic rings. The number of hydrogen-bond acceptors (Lipinski definition) is 6. The first-order valence-electron chi connectivity index (χ1n) is 19.6. The first-order valence-corrected chi connectivity index (χ1v) is 20.4. The summed E-state index contributed by atoms with van der Waals surface area (Å²) < 4.78 is 11.0. The summed E-state index contributed by atoms with van der Waals surface area (Å²) >= 11 is 1.76. The fourth-order valence-electron chi connectivity index (χ4n) is 9.00. The van der Waals surface area contributed by atoms with Crippen LogP contribution in [0.5, 0.6) is 0 Å². The average molecular weight is 772 g/mol. The molecule has 5 aromatic heterocycles. The van der Waals surface area contributed by atoms with Crippen LogP contribution >= 0.6 is 11.3 Å². The minimum atomic E-state index is 0.475. The predicted molar refractivity (Wildman–Crippen MR) is 243 cm³/mol. The Bertz CT molecular complexity index is 3880. The van der Waals surface area contributed by atoms with Crippen LogP contribution in [0.2, 0.25) is 0 Å². The van der Waals surface area contributed by atoms with Gasteiger partial charge >= 0.3 is 0 Å². The summed E-state index contributed by atoms with van der Waals surface area (Å²) in [6.07, 6.45) is 0. The van der Waals surface area contributed by atoms with Crippen molar-refractivity contribution < 1.29 is 4.42 Å². The lowest BCUT2D eigenvalue weighted by molar-refractivity contribution is 0.654. The predicted octanol–water partition coefficient (Wildman–Crippen LogP) is 13.9. The Morgan fingerprint density at radius 3 is 2.07 bits per heavy atom. The van der Waals surface area contributed by atoms with Crippen LogP contribution in [-0.2, 0) is 0 Å². The standard InChI is InChI=1S/C52H29N5OS/c1-4-15-34-30(12-1)24-27-43-47(34)39-18-5-8-21-42(39)57(43)44-29-32(28-31-13-2-3-14-33(31)44)49-54-50(40-20-11-19-37-36-17-7-10-23-46(36)59-48(37)40)56-51(55-49)41-26-25-38-35-16-6-9-22-45(35)58-52(38)53-41/h1-29H. The van der Waals surface area contributed by atoms with E-state index >= 15 is 0 Å². The molecule has 0 aliphatic carbocycles. The van der Waals surface area contributed by atoms with Gasteiger partial charge in [0, 0.05) is 58.2 Å². The molecule has 0 bridgehead atoms. The van der Waals surface area contributed by atoms with Crippen LogP contribution in [-0.4, -0.2) is 24.5 Å². The molecule has 59 heavy (non-hydrogen) atoms. The first kappa shape index (κ1) is 32.4. The number of para-hydroxylation sites is 2. The molecule has 7 heteroatoms. The van der Waals surface area contributed by atoms with E-state index < -0.39 is 0 Å². The monoisotopic (exact) mass is 771 g/mol. The van der Waals surface area contributed by atoms with E-state index in [-0.39, 0.29) is 0 Å². The van der Waals surface area contributed by atoms with Crippen molar-refractivity contribution in [3.05, 3.63) is 176 Å². The van der Waals surface area contributed by atoms with E-state index in [0.717, 1.165) is 59.7 Å². The van der Waals surface area contributed by atoms with Crippen molar-refractivity contribution in [1.82, 2.24) is 24.5 Å². The van der Waals surface area contributed by atoms with Gasteiger partial charge in [0.1, 0.15) is 11.3 Å². The molecule has 0 aliphatic heterocycles. The van der Waals surface area contributed by atoms with E-state index in [9.17, 15) is 0 Å². The fourth-order valence-corrected chi connectivity index (χ4v) is 10.2. The van der Waals surface area contributed by atoms with E-state index in [1.807, 2.05) is 24.3 Å². The molecule has 8 aromatic carbocycles. The SMILES string of the molecule is c1ccc2c(-n3c4ccccc4c4c5ccccc5ccc43)cc(-c3nc(-c4ccc5c(n4)oc4ccccc45)nc(-c4cccc5c4sc4ccccc45)n3)cc2c1. The molecule has 0 amide bonds. The Morgan fingerprint density at radius 2 is 1.15 bits per heavy atom. The Labute approximate surface area is 340 Å². The quantitative estimate of drug-likeness (QED) is 0.178. The number of rotatable bonds is 4. The minimum absolute atomic E-state index is 0.475. The van der Waals surface area contributed by atoms with Crippen LogP contribution in [0.4, 0.5) is 0 Å². The van der Waals surface area contributed by atoms with E-state index in [0.29, 0.717) is 28.9 Å². The number of fused-ring (bicyclic) bond motifs is 12. The molecule has 13 rings (SSSR count). The average Bonchev–Trinajstić information content (AvgIpc) is 3.98. The molecule has 0 saturated carbocycles. The number of hydrogen-bond donors (Lipinski definition) is 0. The van der Waals surface area contributed by atoms with Gasteiger partial charge in [-0.25, -0.2) is 19.9 Å². The van der Waals surface area contributed by atoms with Crippen LogP contribution in [0.25, 0.3) is 126 Å². The molecule has 0 N–H and O–H groups in total. The van der Waals surface area contributed by atoms with Crippen LogP contribution in [0.15, 0.2) is 180 Å². The van der Waals surface area contributed by atoms with Crippen LogP contribution in [0, 0.1) is 0 Å². The normalized spacial score (nSPS) is 12.1. The lowest BCUT2D eigenvalue weighted by Crippen LogP contribution is -2.02. The van der Waals surface area contributed by atoms with Gasteiger partial charge in [-0.1, -0.05) is 121 Å². The third-order valence-corrected chi connectivity index (χ3v) is 12.9. The van der Waals surface area contributed by atoms with Gasteiger partial charge in [0.2, 0.25) is 5.71 Å². The summed E-state index contributed by atoms with van der Waals surface area (Å²) in [7, 11) is 0. The molecule has 0 saturated heterocycles. The second kappa shape index (κ2) is 12.4. The molecule has 5 heterocycles. The number of thiophene rings is 1. The number of aromatic nitrogens is 5. The van der Waals surface area contributed by atoms with Gasteiger partial charge in [0.05, 0.1) is 16.7 Å². The van der Waals surface area contributed by atoms with Gasteiger partial charge in [0.25, 0.3) is 0 Å². The van der Waals surface area contributed by atoms with Gasteiger partial charge in [-0.15, -0.1) is 11.3 Å². The van der Waals surface area contributed by atoms with Crippen LogP contribution in [0.1, 0.15) is 0 Å². The topological polar surface area (TPSA) is 69.6 Å². The maximum Gasteiger partial charge on any atom is 0.227 e. The second-order valence-electron chi connectivity index (χ2n) is 15.0. The van der Waals surface area contributed by atoms with E-state index in [4.69, 9.17) is 24.4 Å². The Balaban J connectivity index is 1.09. The Hall–Kier alpha value is -7.74. The summed E-state index contributed by atoms with van der Waals surface area (Å²) in [5.41, 5.74) is 7.11. The van der Waals surface area contributed by atoms with Crippen LogP contribution < -0.4 is 0 Å². The highest BCUT2D eigenvalue weighted by Crippen LogP contribution is 2.42. The molecule has 0 spiro atoms. The largest absolute Gasteiger partial charge is 0.438 e. The highest BCUT2D eigenvalue weighted by Gasteiger charge is 2.21. The molecule has 0 radical (unpaired) electrons. The van der Waals surface area contributed by atoms with Crippen molar-refractivity contribution in [2.45, 2.75) is 0 Å². The summed E-state index contributed by atoms with van der Waals surface area (Å²) in [6, 6.07) is 61.8. The molecule has 0 fully saturated rings. The zero-order chi connectivity index (χ0) is 38.6. The molecule has 0 atom stereocenters. The van der Waals surface area contributed by atoms with Gasteiger partial charge in [-0.05, 0) is 70.8 Å². The smallest absolute Gasteiger partial charge is 0.227 e. The number of furan rings is 1. The lowest BCUT2D eigenvalue weighted by Gasteiger charge is -2.15. The zero-order valence-corrected chi connectivity index (χ0v) is 32.1. The van der Waals surface area contributed by atoms with Gasteiger partial charge < -0.3 is 8.98 Å². The first-order chi connectivity index (χ1) is 29.2. The van der Waals surface area contributed by atoms with Crippen LogP contribution in [0.3, 0.4) is 0 Å². The molecular formula is C52H29N5OS. The highest BCUT2D eigenvalue weighted by atomic mass is 32.1. The van der Waals surface area contributed by atoms with Crippen molar-refractivity contribution in [2.75, 3.05) is 0 Å². The van der Waals surface area contributed by atoms with Crippen molar-refractivity contribution in [3.8, 4) is 40.0 Å². The fraction of sp³-hybridized carbons (Fsp3) is 0. The number of pyridine rings is 1. The van der Waals surface area contributed by atoms with Gasteiger partial charge in [-0.3, -0.25) is 0 Å². The minimum Gasteiger partial charge on any atom is -0.438 e. The molecule has 0 unspecified atom stereocenters. The Kier molecular flexibility index (Phi) is 6.79. The van der Waals surface area contributed by atoms with Crippen molar-refractivity contribution in [3.63, 3.8) is 0 Å². The van der Waals surface area contributed by atoms with E-state index in [1.165, 1.54) is 37.0 Å². The second-order valence-corrected chi connectivity index (χ2v) is 16.0. The molecule has 0 aliphatic rings.